The second-order valence-corrected chi connectivity index (χ2v) is 5.09. The molecule has 2 rings (SSSR count). The number of benzene rings is 2. The number of halogens is 4. The van der Waals surface area contributed by atoms with Crippen molar-refractivity contribution in [2.24, 2.45) is 0 Å². The monoisotopic (exact) mass is 341 g/mol. The Hall–Kier alpha value is -2.57. The lowest BCUT2D eigenvalue weighted by atomic mass is 10.1. The van der Waals surface area contributed by atoms with Crippen molar-refractivity contribution in [3.8, 4) is 5.75 Å². The number of rotatable bonds is 6. The molecule has 0 aliphatic heterocycles. The van der Waals surface area contributed by atoms with E-state index in [9.17, 15) is 22.4 Å². The molecular formula is C17H15F4NO2. The third kappa shape index (κ3) is 5.91. The van der Waals surface area contributed by atoms with E-state index >= 15 is 0 Å². The Bertz CT molecular complexity index is 684. The first-order valence-corrected chi connectivity index (χ1v) is 7.12. The van der Waals surface area contributed by atoms with Crippen LogP contribution in [0.1, 0.15) is 11.1 Å². The molecule has 1 N–H and O–H groups in total. The average molecular weight is 341 g/mol. The Morgan fingerprint density at radius 3 is 2.33 bits per heavy atom. The van der Waals surface area contributed by atoms with E-state index < -0.39 is 18.6 Å². The number of ether oxygens (including phenoxy) is 1. The van der Waals surface area contributed by atoms with Gasteiger partial charge in [-0.1, -0.05) is 30.3 Å². The molecule has 0 unspecified atom stereocenters. The molecular weight excluding hydrogens is 326 g/mol. The average Bonchev–Trinajstić information content (AvgIpc) is 2.53. The van der Waals surface area contributed by atoms with E-state index in [0.717, 1.165) is 0 Å². The molecule has 0 atom stereocenters. The van der Waals surface area contributed by atoms with Gasteiger partial charge < -0.3 is 10.1 Å². The minimum Gasteiger partial charge on any atom is -0.484 e. The van der Waals surface area contributed by atoms with Gasteiger partial charge in [-0.25, -0.2) is 4.39 Å². The minimum absolute atomic E-state index is 0.0839. The molecule has 0 fully saturated rings. The fraction of sp³-hybridized carbons (Fsp3) is 0.235. The largest absolute Gasteiger partial charge is 0.484 e. The van der Waals surface area contributed by atoms with E-state index in [2.05, 4.69) is 10.1 Å². The summed E-state index contributed by atoms with van der Waals surface area (Å²) in [6, 6.07) is 11.9. The molecule has 2 aromatic rings. The molecule has 0 spiro atoms. The van der Waals surface area contributed by atoms with Crippen molar-refractivity contribution in [3.05, 3.63) is 65.5 Å². The zero-order chi connectivity index (χ0) is 17.6. The van der Waals surface area contributed by atoms with Crippen LogP contribution in [0.4, 0.5) is 17.6 Å². The predicted molar refractivity (Wildman–Crippen MR) is 79.9 cm³/mol. The highest BCUT2D eigenvalue weighted by molar-refractivity contribution is 5.78. The lowest BCUT2D eigenvalue weighted by Crippen LogP contribution is -2.24. The lowest BCUT2D eigenvalue weighted by Gasteiger charge is -2.10. The topological polar surface area (TPSA) is 38.3 Å². The maximum absolute atomic E-state index is 13.4. The third-order valence-electron chi connectivity index (χ3n) is 3.12. The van der Waals surface area contributed by atoms with Crippen LogP contribution in [-0.2, 0) is 17.8 Å². The molecule has 7 heteroatoms. The van der Waals surface area contributed by atoms with Crippen LogP contribution in [0.2, 0.25) is 0 Å². The zero-order valence-electron chi connectivity index (χ0n) is 12.6. The third-order valence-corrected chi connectivity index (χ3v) is 3.12. The van der Waals surface area contributed by atoms with Crippen molar-refractivity contribution in [1.82, 2.24) is 5.32 Å². The van der Waals surface area contributed by atoms with Crippen LogP contribution in [-0.4, -0.2) is 18.7 Å². The molecule has 1 amide bonds. The van der Waals surface area contributed by atoms with Gasteiger partial charge in [0.15, 0.2) is 6.61 Å². The molecule has 0 radical (unpaired) electrons. The van der Waals surface area contributed by atoms with Gasteiger partial charge in [0.2, 0.25) is 5.91 Å². The van der Waals surface area contributed by atoms with Gasteiger partial charge in [-0.05, 0) is 29.3 Å². The summed E-state index contributed by atoms with van der Waals surface area (Å²) in [7, 11) is 0. The standard InChI is InChI=1S/C17H15F4NO2/c18-15-4-2-1-3-13(15)9-16(23)22-10-12-5-7-14(8-6-12)24-11-17(19,20)21/h1-8H,9-11H2,(H,22,23). The highest BCUT2D eigenvalue weighted by Gasteiger charge is 2.28. The van der Waals surface area contributed by atoms with Gasteiger partial charge >= 0.3 is 6.18 Å². The highest BCUT2D eigenvalue weighted by Crippen LogP contribution is 2.18. The Labute approximate surface area is 136 Å². The van der Waals surface area contributed by atoms with Crippen LogP contribution in [0.5, 0.6) is 5.75 Å². The SMILES string of the molecule is O=C(Cc1ccccc1F)NCc1ccc(OCC(F)(F)F)cc1. The van der Waals surface area contributed by atoms with E-state index in [0.29, 0.717) is 11.1 Å². The van der Waals surface area contributed by atoms with Crippen LogP contribution in [0.15, 0.2) is 48.5 Å². The van der Waals surface area contributed by atoms with E-state index in [-0.39, 0.29) is 24.6 Å². The Kier molecular flexibility index (Phi) is 5.78. The summed E-state index contributed by atoms with van der Waals surface area (Å²) in [6.07, 6.45) is -4.47. The van der Waals surface area contributed by atoms with Crippen molar-refractivity contribution in [2.45, 2.75) is 19.1 Å². The molecule has 128 valence electrons. The molecule has 0 saturated carbocycles. The minimum atomic E-state index is -4.39. The zero-order valence-corrected chi connectivity index (χ0v) is 12.6. The molecule has 0 aromatic heterocycles. The van der Waals surface area contributed by atoms with Gasteiger partial charge in [-0.2, -0.15) is 13.2 Å². The maximum atomic E-state index is 13.4. The molecule has 0 aliphatic rings. The van der Waals surface area contributed by atoms with Crippen molar-refractivity contribution >= 4 is 5.91 Å². The smallest absolute Gasteiger partial charge is 0.422 e. The van der Waals surface area contributed by atoms with Gasteiger partial charge in [0.05, 0.1) is 6.42 Å². The number of nitrogens with one attached hydrogen (secondary N) is 1. The van der Waals surface area contributed by atoms with Crippen LogP contribution in [0.25, 0.3) is 0 Å². The number of carbonyl (C=O) groups excluding carboxylic acids is 1. The summed E-state index contributed by atoms with van der Waals surface area (Å²) in [6.45, 7) is -1.17. The van der Waals surface area contributed by atoms with Crippen molar-refractivity contribution < 1.29 is 27.1 Å². The first kappa shape index (κ1) is 17.8. The first-order valence-electron chi connectivity index (χ1n) is 7.12. The Morgan fingerprint density at radius 1 is 1.04 bits per heavy atom. The summed E-state index contributed by atoms with van der Waals surface area (Å²) >= 11 is 0. The van der Waals surface area contributed by atoms with Gasteiger partial charge in [0, 0.05) is 6.54 Å². The summed E-state index contributed by atoms with van der Waals surface area (Å²) < 4.78 is 54.1. The lowest BCUT2D eigenvalue weighted by molar-refractivity contribution is -0.153. The second kappa shape index (κ2) is 7.81. The Morgan fingerprint density at radius 2 is 1.71 bits per heavy atom. The molecule has 3 nitrogen and oxygen atoms in total. The normalized spacial score (nSPS) is 11.2. The van der Waals surface area contributed by atoms with Crippen LogP contribution in [0.3, 0.4) is 0 Å². The molecule has 0 saturated heterocycles. The summed E-state index contributed by atoms with van der Waals surface area (Å²) in [5.74, 6) is -0.704. The Balaban J connectivity index is 1.81. The number of hydrogen-bond acceptors (Lipinski definition) is 2. The quantitative estimate of drug-likeness (QED) is 0.815. The van der Waals surface area contributed by atoms with Crippen LogP contribution < -0.4 is 10.1 Å². The van der Waals surface area contributed by atoms with Gasteiger partial charge in [0.1, 0.15) is 11.6 Å². The van der Waals surface area contributed by atoms with E-state index in [1.165, 1.54) is 24.3 Å². The molecule has 2 aromatic carbocycles. The first-order chi connectivity index (χ1) is 11.3. The maximum Gasteiger partial charge on any atom is 0.422 e. The van der Waals surface area contributed by atoms with E-state index in [4.69, 9.17) is 0 Å². The molecule has 0 aliphatic carbocycles. The number of carbonyl (C=O) groups is 1. The predicted octanol–water partition coefficient (Wildman–Crippen LogP) is 3.63. The van der Waals surface area contributed by atoms with E-state index in [1.807, 2.05) is 0 Å². The number of amides is 1. The van der Waals surface area contributed by atoms with Crippen molar-refractivity contribution in [1.29, 1.82) is 0 Å². The summed E-state index contributed by atoms with van der Waals surface area (Å²) in [5, 5.41) is 2.62. The van der Waals surface area contributed by atoms with Crippen LogP contribution >= 0.6 is 0 Å². The van der Waals surface area contributed by atoms with Crippen LogP contribution in [0, 0.1) is 5.82 Å². The van der Waals surface area contributed by atoms with E-state index in [1.54, 1.807) is 24.3 Å². The van der Waals surface area contributed by atoms with Crippen molar-refractivity contribution in [3.63, 3.8) is 0 Å². The molecule has 0 heterocycles. The van der Waals surface area contributed by atoms with Gasteiger partial charge in [-0.15, -0.1) is 0 Å². The summed E-state index contributed by atoms with van der Waals surface area (Å²) in [5.41, 5.74) is 0.988. The number of hydrogen-bond donors (Lipinski definition) is 1. The number of alkyl halides is 3. The molecule has 24 heavy (non-hydrogen) atoms. The fourth-order valence-corrected chi connectivity index (χ4v) is 1.95. The van der Waals surface area contributed by atoms with Gasteiger partial charge in [0.25, 0.3) is 0 Å². The fourth-order valence-electron chi connectivity index (χ4n) is 1.95. The summed E-state index contributed by atoms with van der Waals surface area (Å²) in [4.78, 5) is 11.8. The van der Waals surface area contributed by atoms with Crippen molar-refractivity contribution in [2.75, 3.05) is 6.61 Å². The van der Waals surface area contributed by atoms with Gasteiger partial charge in [-0.3, -0.25) is 4.79 Å². The second-order valence-electron chi connectivity index (χ2n) is 5.09. The highest BCUT2D eigenvalue weighted by atomic mass is 19.4. The molecule has 0 bridgehead atoms.